The molecule has 0 aliphatic rings. The SMILES string of the molecule is CCCCCC(=N)C=N.Cl. The minimum Gasteiger partial charge on any atom is -0.307 e. The Labute approximate surface area is 68.5 Å². The van der Waals surface area contributed by atoms with Gasteiger partial charge in [0.05, 0.1) is 0 Å². The Hall–Kier alpha value is -0.370. The molecule has 0 radical (unpaired) electrons. The van der Waals surface area contributed by atoms with Crippen molar-refractivity contribution in [2.24, 2.45) is 0 Å². The van der Waals surface area contributed by atoms with Crippen LogP contribution in [0.1, 0.15) is 32.6 Å². The number of unbranched alkanes of at least 4 members (excludes halogenated alkanes) is 2. The van der Waals surface area contributed by atoms with Gasteiger partial charge in [0, 0.05) is 11.9 Å². The zero-order valence-electron chi connectivity index (χ0n) is 6.31. The molecule has 0 aliphatic heterocycles. The van der Waals surface area contributed by atoms with Gasteiger partial charge in [0.2, 0.25) is 0 Å². The molecule has 0 atom stereocenters. The summed E-state index contributed by atoms with van der Waals surface area (Å²) < 4.78 is 0. The average Bonchev–Trinajstić information content (AvgIpc) is 1.89. The van der Waals surface area contributed by atoms with E-state index in [0.29, 0.717) is 5.71 Å². The standard InChI is InChI=1S/C7H14N2.ClH/c1-2-3-4-5-7(9)6-8;/h6,8-9H,2-5H2,1H3;1H. The first-order valence-electron chi connectivity index (χ1n) is 3.39. The Kier molecular flexibility index (Phi) is 10.6. The van der Waals surface area contributed by atoms with Crippen molar-refractivity contribution in [2.45, 2.75) is 32.6 Å². The molecule has 0 amide bonds. The minimum atomic E-state index is 0. The lowest BCUT2D eigenvalue weighted by Crippen LogP contribution is -1.95. The summed E-state index contributed by atoms with van der Waals surface area (Å²) in [5, 5.41) is 13.8. The third-order valence-corrected chi connectivity index (χ3v) is 1.22. The van der Waals surface area contributed by atoms with Crippen LogP contribution < -0.4 is 0 Å². The normalized spacial score (nSPS) is 8.10. The van der Waals surface area contributed by atoms with Crippen LogP contribution in [0, 0.1) is 10.8 Å². The summed E-state index contributed by atoms with van der Waals surface area (Å²) in [7, 11) is 0. The monoisotopic (exact) mass is 162 g/mol. The fraction of sp³-hybridized carbons (Fsp3) is 0.714. The van der Waals surface area contributed by atoms with Gasteiger partial charge in [-0.05, 0) is 12.8 Å². The maximum absolute atomic E-state index is 7.07. The zero-order chi connectivity index (χ0) is 7.11. The number of halogens is 1. The molecule has 60 valence electrons. The Bertz CT molecular complexity index is 102. The van der Waals surface area contributed by atoms with E-state index in [0.717, 1.165) is 19.1 Å². The second kappa shape index (κ2) is 8.63. The molecule has 0 unspecified atom stereocenters. The second-order valence-electron chi connectivity index (χ2n) is 2.13. The van der Waals surface area contributed by atoms with Crippen molar-refractivity contribution in [3.05, 3.63) is 0 Å². The van der Waals surface area contributed by atoms with Gasteiger partial charge in [-0.25, -0.2) is 0 Å². The molecule has 3 heteroatoms. The van der Waals surface area contributed by atoms with Gasteiger partial charge < -0.3 is 10.8 Å². The topological polar surface area (TPSA) is 47.7 Å². The van der Waals surface area contributed by atoms with Crippen LogP contribution in [-0.2, 0) is 0 Å². The minimum absolute atomic E-state index is 0. The molecule has 0 aliphatic carbocycles. The third-order valence-electron chi connectivity index (χ3n) is 1.22. The van der Waals surface area contributed by atoms with Crippen molar-refractivity contribution in [1.82, 2.24) is 0 Å². The Balaban J connectivity index is 0. The van der Waals surface area contributed by atoms with E-state index in [9.17, 15) is 0 Å². The Morgan fingerprint density at radius 1 is 1.40 bits per heavy atom. The predicted octanol–water partition coefficient (Wildman–Crippen LogP) is 2.66. The average molecular weight is 163 g/mol. The van der Waals surface area contributed by atoms with Crippen molar-refractivity contribution < 1.29 is 0 Å². The molecule has 0 saturated carbocycles. The summed E-state index contributed by atoms with van der Waals surface area (Å²) in [6.07, 6.45) is 5.32. The fourth-order valence-electron chi connectivity index (χ4n) is 0.638. The van der Waals surface area contributed by atoms with Gasteiger partial charge in [-0.3, -0.25) is 0 Å². The number of hydrogen-bond acceptors (Lipinski definition) is 2. The van der Waals surface area contributed by atoms with Crippen LogP contribution in [-0.4, -0.2) is 11.9 Å². The van der Waals surface area contributed by atoms with Crippen LogP contribution in [0.15, 0.2) is 0 Å². The zero-order valence-corrected chi connectivity index (χ0v) is 7.13. The van der Waals surface area contributed by atoms with Crippen molar-refractivity contribution in [1.29, 1.82) is 10.8 Å². The van der Waals surface area contributed by atoms with Crippen LogP contribution in [0.3, 0.4) is 0 Å². The van der Waals surface area contributed by atoms with Crippen molar-refractivity contribution >= 4 is 24.3 Å². The van der Waals surface area contributed by atoms with Gasteiger partial charge in [0.25, 0.3) is 0 Å². The van der Waals surface area contributed by atoms with Crippen molar-refractivity contribution in [3.63, 3.8) is 0 Å². The van der Waals surface area contributed by atoms with Gasteiger partial charge >= 0.3 is 0 Å². The van der Waals surface area contributed by atoms with Crippen molar-refractivity contribution in [3.8, 4) is 0 Å². The summed E-state index contributed by atoms with van der Waals surface area (Å²) in [6, 6.07) is 0. The molecular weight excluding hydrogens is 148 g/mol. The summed E-state index contributed by atoms with van der Waals surface area (Å²) in [5.41, 5.74) is 0.448. The molecule has 10 heavy (non-hydrogen) atoms. The van der Waals surface area contributed by atoms with E-state index >= 15 is 0 Å². The molecule has 0 fully saturated rings. The number of rotatable bonds is 5. The van der Waals surface area contributed by atoms with E-state index in [1.54, 1.807) is 0 Å². The van der Waals surface area contributed by atoms with Gasteiger partial charge in [-0.2, -0.15) is 0 Å². The Morgan fingerprint density at radius 3 is 2.40 bits per heavy atom. The van der Waals surface area contributed by atoms with Crippen LogP contribution in [0.25, 0.3) is 0 Å². The fourth-order valence-corrected chi connectivity index (χ4v) is 0.638. The summed E-state index contributed by atoms with van der Waals surface area (Å²) in [6.45, 7) is 2.13. The van der Waals surface area contributed by atoms with Gasteiger partial charge in [0.1, 0.15) is 0 Å². The molecule has 0 heterocycles. The van der Waals surface area contributed by atoms with E-state index in [1.807, 2.05) is 0 Å². The summed E-state index contributed by atoms with van der Waals surface area (Å²) in [4.78, 5) is 0. The van der Waals surface area contributed by atoms with E-state index in [2.05, 4.69) is 6.92 Å². The van der Waals surface area contributed by atoms with E-state index in [4.69, 9.17) is 10.8 Å². The molecule has 0 aromatic carbocycles. The molecule has 0 aromatic heterocycles. The lowest BCUT2D eigenvalue weighted by atomic mass is 10.1. The number of nitrogens with one attached hydrogen (secondary N) is 2. The van der Waals surface area contributed by atoms with E-state index < -0.39 is 0 Å². The molecule has 2 nitrogen and oxygen atoms in total. The quantitative estimate of drug-likeness (QED) is 0.461. The van der Waals surface area contributed by atoms with Crippen LogP contribution >= 0.6 is 12.4 Å². The van der Waals surface area contributed by atoms with Crippen molar-refractivity contribution in [2.75, 3.05) is 0 Å². The lowest BCUT2D eigenvalue weighted by molar-refractivity contribution is 0.743. The highest BCUT2D eigenvalue weighted by Gasteiger charge is 1.89. The van der Waals surface area contributed by atoms with Crippen LogP contribution in [0.4, 0.5) is 0 Å². The molecule has 0 rings (SSSR count). The van der Waals surface area contributed by atoms with Gasteiger partial charge in [-0.1, -0.05) is 19.8 Å². The molecule has 0 spiro atoms. The largest absolute Gasteiger partial charge is 0.307 e. The molecule has 0 aromatic rings. The first kappa shape index (κ1) is 12.3. The Morgan fingerprint density at radius 2 is 2.00 bits per heavy atom. The molecular formula is C7H15ClN2. The lowest BCUT2D eigenvalue weighted by Gasteiger charge is -1.93. The smallest absolute Gasteiger partial charge is 0.0489 e. The molecule has 0 bridgehead atoms. The molecule has 0 saturated heterocycles. The summed E-state index contributed by atoms with van der Waals surface area (Å²) in [5.74, 6) is 0. The maximum Gasteiger partial charge on any atom is 0.0489 e. The second-order valence-corrected chi connectivity index (χ2v) is 2.13. The summed E-state index contributed by atoms with van der Waals surface area (Å²) >= 11 is 0. The third kappa shape index (κ3) is 7.63. The highest BCUT2D eigenvalue weighted by atomic mass is 35.5. The van der Waals surface area contributed by atoms with Gasteiger partial charge in [-0.15, -0.1) is 12.4 Å². The van der Waals surface area contributed by atoms with Crippen LogP contribution in [0.2, 0.25) is 0 Å². The van der Waals surface area contributed by atoms with Gasteiger partial charge in [0.15, 0.2) is 0 Å². The number of hydrogen-bond donors (Lipinski definition) is 2. The highest BCUT2D eigenvalue weighted by Crippen LogP contribution is 1.97. The molecule has 2 N–H and O–H groups in total. The highest BCUT2D eigenvalue weighted by molar-refractivity contribution is 6.27. The maximum atomic E-state index is 7.07. The first-order chi connectivity index (χ1) is 4.31. The predicted molar refractivity (Wildman–Crippen MR) is 47.9 cm³/mol. The van der Waals surface area contributed by atoms with Crippen LogP contribution in [0.5, 0.6) is 0 Å². The first-order valence-corrected chi connectivity index (χ1v) is 3.39. The van der Waals surface area contributed by atoms with E-state index in [1.165, 1.54) is 12.8 Å². The van der Waals surface area contributed by atoms with E-state index in [-0.39, 0.29) is 12.4 Å².